The van der Waals surface area contributed by atoms with Gasteiger partial charge in [-0.3, -0.25) is 0 Å². The van der Waals surface area contributed by atoms with Gasteiger partial charge in [-0.05, 0) is 6.92 Å². The Morgan fingerprint density at radius 3 is 2.50 bits per heavy atom. The molecule has 2 amide bonds. The lowest BCUT2D eigenvalue weighted by atomic mass is 10.6. The number of amides is 2. The average Bonchev–Trinajstić information content (AvgIpc) is 2.10. The summed E-state index contributed by atoms with van der Waals surface area (Å²) >= 11 is 0. The minimum Gasteiger partial charge on any atom is -0.534 e. The van der Waals surface area contributed by atoms with Gasteiger partial charge in [0.05, 0.1) is 5.76 Å². The van der Waals surface area contributed by atoms with Crippen LogP contribution in [0, 0.1) is 0 Å². The van der Waals surface area contributed by atoms with E-state index in [-0.39, 0.29) is 6.03 Å². The first-order chi connectivity index (χ1) is 6.49. The zero-order chi connectivity index (χ0) is 11.1. The third-order valence-electron chi connectivity index (χ3n) is 1.47. The van der Waals surface area contributed by atoms with E-state index in [1.165, 1.54) is 4.90 Å². The molecule has 4 nitrogen and oxygen atoms in total. The first-order valence-electron chi connectivity index (χ1n) is 4.34. The SMILES string of the molecule is C=CCN([SiH2]OC(=C)C)C(=O)N(C)C. The fraction of sp³-hybridized carbons (Fsp3) is 0.444. The van der Waals surface area contributed by atoms with Crippen molar-refractivity contribution in [1.29, 1.82) is 0 Å². The van der Waals surface area contributed by atoms with E-state index in [9.17, 15) is 4.79 Å². The molecule has 0 radical (unpaired) electrons. The minimum absolute atomic E-state index is 0.0437. The van der Waals surface area contributed by atoms with Crippen LogP contribution in [0.4, 0.5) is 4.79 Å². The Balaban J connectivity index is 4.20. The number of nitrogens with zero attached hydrogens (tertiary/aromatic N) is 2. The van der Waals surface area contributed by atoms with Crippen LogP contribution in [0.2, 0.25) is 0 Å². The molecule has 0 atom stereocenters. The maximum absolute atomic E-state index is 11.6. The van der Waals surface area contributed by atoms with E-state index < -0.39 is 9.92 Å². The van der Waals surface area contributed by atoms with E-state index in [0.29, 0.717) is 12.3 Å². The first kappa shape index (κ1) is 12.8. The van der Waals surface area contributed by atoms with Gasteiger partial charge in [-0.2, -0.15) is 0 Å². The fourth-order valence-electron chi connectivity index (χ4n) is 0.813. The van der Waals surface area contributed by atoms with Gasteiger partial charge in [0, 0.05) is 20.6 Å². The van der Waals surface area contributed by atoms with Crippen molar-refractivity contribution in [3.8, 4) is 0 Å². The topological polar surface area (TPSA) is 32.8 Å². The van der Waals surface area contributed by atoms with Gasteiger partial charge in [0.2, 0.25) is 0 Å². The lowest BCUT2D eigenvalue weighted by Crippen LogP contribution is -2.42. The number of hydrogen-bond acceptors (Lipinski definition) is 2. The lowest BCUT2D eigenvalue weighted by Gasteiger charge is -2.24. The number of rotatable bonds is 5. The van der Waals surface area contributed by atoms with Gasteiger partial charge in [-0.1, -0.05) is 12.7 Å². The number of urea groups is 1. The zero-order valence-electron chi connectivity index (χ0n) is 9.12. The number of carbonyl (C=O) groups is 1. The van der Waals surface area contributed by atoms with E-state index in [4.69, 9.17) is 4.43 Å². The molecular weight excluding hydrogens is 196 g/mol. The molecule has 0 spiro atoms. The third kappa shape index (κ3) is 4.71. The van der Waals surface area contributed by atoms with Gasteiger partial charge < -0.3 is 13.9 Å². The van der Waals surface area contributed by atoms with Crippen molar-refractivity contribution in [3.05, 3.63) is 25.0 Å². The summed E-state index contributed by atoms with van der Waals surface area (Å²) < 4.78 is 6.97. The van der Waals surface area contributed by atoms with Crippen molar-refractivity contribution in [2.24, 2.45) is 0 Å². The molecule has 0 aliphatic carbocycles. The number of carbonyl (C=O) groups excluding carboxylic acids is 1. The van der Waals surface area contributed by atoms with Crippen LogP contribution >= 0.6 is 0 Å². The predicted molar refractivity (Wildman–Crippen MR) is 60.4 cm³/mol. The standard InChI is InChI=1S/C9H18N2O2Si/c1-6-7-11(9(12)10(4)5)14-13-8(2)3/h6H,1-2,7,14H2,3-5H3. The van der Waals surface area contributed by atoms with Crippen molar-refractivity contribution < 1.29 is 9.22 Å². The highest BCUT2D eigenvalue weighted by Gasteiger charge is 2.14. The number of hydrogen-bond donors (Lipinski definition) is 0. The highest BCUT2D eigenvalue weighted by atomic mass is 28.2. The molecule has 0 fully saturated rings. The van der Waals surface area contributed by atoms with Crippen LogP contribution in [0.25, 0.3) is 0 Å². The minimum atomic E-state index is -1.05. The summed E-state index contributed by atoms with van der Waals surface area (Å²) in [6, 6.07) is -0.0437. The summed E-state index contributed by atoms with van der Waals surface area (Å²) in [5, 5.41) is 0. The largest absolute Gasteiger partial charge is 0.534 e. The summed E-state index contributed by atoms with van der Waals surface area (Å²) in [5.74, 6) is 0.650. The highest BCUT2D eigenvalue weighted by Crippen LogP contribution is 1.97. The Bertz CT molecular complexity index is 229. The zero-order valence-corrected chi connectivity index (χ0v) is 10.5. The maximum Gasteiger partial charge on any atom is 0.331 e. The van der Waals surface area contributed by atoms with Crippen LogP contribution < -0.4 is 0 Å². The Hall–Kier alpha value is -1.23. The Kier molecular flexibility index (Phi) is 5.70. The van der Waals surface area contributed by atoms with Crippen LogP contribution in [0.5, 0.6) is 0 Å². The molecule has 0 saturated heterocycles. The maximum atomic E-state index is 11.6. The second-order valence-electron chi connectivity index (χ2n) is 3.16. The van der Waals surface area contributed by atoms with Crippen molar-refractivity contribution in [2.45, 2.75) is 6.92 Å². The first-order valence-corrected chi connectivity index (χ1v) is 5.55. The monoisotopic (exact) mass is 214 g/mol. The lowest BCUT2D eigenvalue weighted by molar-refractivity contribution is 0.195. The third-order valence-corrected chi connectivity index (χ3v) is 2.93. The molecular formula is C9H18N2O2Si. The Morgan fingerprint density at radius 2 is 2.14 bits per heavy atom. The van der Waals surface area contributed by atoms with Crippen molar-refractivity contribution in [2.75, 3.05) is 20.6 Å². The summed E-state index contributed by atoms with van der Waals surface area (Å²) in [6.07, 6.45) is 1.69. The summed E-state index contributed by atoms with van der Waals surface area (Å²) in [5.41, 5.74) is 0. The van der Waals surface area contributed by atoms with E-state index >= 15 is 0 Å². The van der Waals surface area contributed by atoms with Crippen molar-refractivity contribution in [1.82, 2.24) is 9.47 Å². The van der Waals surface area contributed by atoms with Crippen LogP contribution in [-0.4, -0.2) is 46.1 Å². The highest BCUT2D eigenvalue weighted by molar-refractivity contribution is 6.29. The van der Waals surface area contributed by atoms with Gasteiger partial charge in [0.1, 0.15) is 0 Å². The molecule has 0 N–H and O–H groups in total. The second-order valence-corrected chi connectivity index (χ2v) is 4.47. The summed E-state index contributed by atoms with van der Waals surface area (Å²) in [6.45, 7) is 9.53. The summed E-state index contributed by atoms with van der Waals surface area (Å²) in [7, 11) is 2.38. The second kappa shape index (κ2) is 6.26. The normalized spacial score (nSPS) is 9.93. The van der Waals surface area contributed by atoms with E-state index in [0.717, 1.165) is 0 Å². The molecule has 0 unspecified atom stereocenters. The summed E-state index contributed by atoms with van der Waals surface area (Å²) in [4.78, 5) is 13.1. The van der Waals surface area contributed by atoms with Gasteiger partial charge in [-0.15, -0.1) is 6.58 Å². The molecule has 0 heterocycles. The van der Waals surface area contributed by atoms with E-state index in [1.807, 2.05) is 0 Å². The molecule has 0 rings (SSSR count). The molecule has 14 heavy (non-hydrogen) atoms. The average molecular weight is 214 g/mol. The molecule has 0 aromatic rings. The van der Waals surface area contributed by atoms with Crippen LogP contribution in [0.1, 0.15) is 6.92 Å². The smallest absolute Gasteiger partial charge is 0.331 e. The molecule has 80 valence electrons. The molecule has 0 saturated carbocycles. The van der Waals surface area contributed by atoms with Crippen molar-refractivity contribution in [3.63, 3.8) is 0 Å². The Morgan fingerprint density at radius 1 is 1.57 bits per heavy atom. The van der Waals surface area contributed by atoms with Gasteiger partial charge in [0.25, 0.3) is 0 Å². The van der Waals surface area contributed by atoms with E-state index in [1.54, 1.807) is 31.7 Å². The van der Waals surface area contributed by atoms with Crippen molar-refractivity contribution >= 4 is 16.0 Å². The van der Waals surface area contributed by atoms with Crippen LogP contribution in [0.15, 0.2) is 25.0 Å². The van der Waals surface area contributed by atoms with Gasteiger partial charge in [-0.25, -0.2) is 4.79 Å². The quantitative estimate of drug-likeness (QED) is 0.383. The molecule has 5 heteroatoms. The Labute approximate surface area is 87.9 Å². The molecule has 0 bridgehead atoms. The van der Waals surface area contributed by atoms with Crippen LogP contribution in [-0.2, 0) is 4.43 Å². The molecule has 0 aliphatic rings. The fourth-order valence-corrected chi connectivity index (χ4v) is 1.87. The van der Waals surface area contributed by atoms with Gasteiger partial charge in [0.15, 0.2) is 0 Å². The molecule has 0 aromatic heterocycles. The van der Waals surface area contributed by atoms with Gasteiger partial charge >= 0.3 is 16.0 Å². The number of allylic oxidation sites excluding steroid dienone is 1. The van der Waals surface area contributed by atoms with Crippen LogP contribution in [0.3, 0.4) is 0 Å². The molecule has 0 aromatic carbocycles. The predicted octanol–water partition coefficient (Wildman–Crippen LogP) is 0.705. The molecule has 0 aliphatic heterocycles. The van der Waals surface area contributed by atoms with E-state index in [2.05, 4.69) is 13.2 Å².